The Hall–Kier alpha value is -1.27. The Morgan fingerprint density at radius 3 is 3.06 bits per heavy atom. The van der Waals surface area contributed by atoms with E-state index in [9.17, 15) is 0 Å². The molecule has 0 radical (unpaired) electrons. The molecule has 6 heteroatoms. The first kappa shape index (κ1) is 13.2. The molecule has 1 heterocycles. The van der Waals surface area contributed by atoms with Crippen LogP contribution in [0.2, 0.25) is 0 Å². The highest BCUT2D eigenvalue weighted by Crippen LogP contribution is 2.21. The van der Waals surface area contributed by atoms with Crippen molar-refractivity contribution in [3.05, 3.63) is 22.8 Å². The van der Waals surface area contributed by atoms with Gasteiger partial charge in [0, 0.05) is 24.9 Å². The van der Waals surface area contributed by atoms with Crippen LogP contribution in [0.1, 0.15) is 19.3 Å². The van der Waals surface area contributed by atoms with Crippen LogP contribution in [0, 0.1) is 0 Å². The Morgan fingerprint density at radius 2 is 2.33 bits per heavy atom. The lowest BCUT2D eigenvalue weighted by atomic mass is 10.1. The molecule has 0 saturated heterocycles. The molecule has 1 aromatic rings. The molecule has 5 nitrogen and oxygen atoms in total. The van der Waals surface area contributed by atoms with Crippen LogP contribution in [-0.2, 0) is 0 Å². The normalized spacial score (nSPS) is 17.1. The van der Waals surface area contributed by atoms with E-state index in [2.05, 4.69) is 48.4 Å². The fraction of sp³-hybridized carbons (Fsp3) is 0.417. The summed E-state index contributed by atoms with van der Waals surface area (Å²) in [5.74, 6) is 1.12. The summed E-state index contributed by atoms with van der Waals surface area (Å²) in [5, 5.41) is 11.8. The van der Waals surface area contributed by atoms with Gasteiger partial charge in [0.15, 0.2) is 0 Å². The van der Waals surface area contributed by atoms with Gasteiger partial charge in [-0.25, -0.2) is 9.98 Å². The maximum atomic E-state index is 8.79. The number of aliphatic imine (C=N–C) groups is 1. The van der Waals surface area contributed by atoms with Gasteiger partial charge >= 0.3 is 0 Å². The van der Waals surface area contributed by atoms with E-state index in [1.54, 1.807) is 6.20 Å². The fourth-order valence-electron chi connectivity index (χ4n) is 1.64. The highest BCUT2D eigenvalue weighted by Gasteiger charge is 2.06. The summed E-state index contributed by atoms with van der Waals surface area (Å²) in [5.41, 5.74) is 1.10. The van der Waals surface area contributed by atoms with Gasteiger partial charge in [-0.05, 0) is 28.8 Å². The number of rotatable bonds is 4. The summed E-state index contributed by atoms with van der Waals surface area (Å²) < 4.78 is 0.767. The Bertz CT molecular complexity index is 473. The lowest BCUT2D eigenvalue weighted by Gasteiger charge is -2.08. The van der Waals surface area contributed by atoms with Crippen LogP contribution in [0.5, 0.6) is 0 Å². The number of aliphatic hydroxyl groups excluding tert-OH is 1. The number of halogens is 1. The van der Waals surface area contributed by atoms with Crippen molar-refractivity contribution < 1.29 is 5.11 Å². The smallest absolute Gasteiger partial charge is 0.251 e. The predicted octanol–water partition coefficient (Wildman–Crippen LogP) is 2.46. The first-order chi connectivity index (χ1) is 8.79. The fourth-order valence-corrected chi connectivity index (χ4v) is 1.97. The highest BCUT2D eigenvalue weighted by molar-refractivity contribution is 9.10. The first-order valence-electron chi connectivity index (χ1n) is 5.88. The van der Waals surface area contributed by atoms with Crippen molar-refractivity contribution in [3.63, 3.8) is 0 Å². The van der Waals surface area contributed by atoms with Gasteiger partial charge in [-0.15, -0.1) is 0 Å². The molecule has 18 heavy (non-hydrogen) atoms. The topological polar surface area (TPSA) is 70.4 Å². The molecule has 0 saturated carbocycles. The second-order valence-corrected chi connectivity index (χ2v) is 4.76. The van der Waals surface area contributed by atoms with Gasteiger partial charge in [0.05, 0.1) is 11.1 Å². The number of anilines is 1. The zero-order valence-corrected chi connectivity index (χ0v) is 11.5. The van der Waals surface area contributed by atoms with Gasteiger partial charge in [-0.2, -0.15) is 4.98 Å². The average Bonchev–Trinajstić information content (AvgIpc) is 2.40. The molecule has 0 unspecified atom stereocenters. The second-order valence-electron chi connectivity index (χ2n) is 3.91. The highest BCUT2D eigenvalue weighted by atomic mass is 79.9. The zero-order valence-electron chi connectivity index (χ0n) is 9.93. The minimum atomic E-state index is 0.0606. The summed E-state index contributed by atoms with van der Waals surface area (Å²) >= 11 is 3.36. The van der Waals surface area contributed by atoms with Crippen LogP contribution >= 0.6 is 15.9 Å². The zero-order chi connectivity index (χ0) is 12.8. The number of aromatic nitrogens is 2. The van der Waals surface area contributed by atoms with Gasteiger partial charge < -0.3 is 10.4 Å². The van der Waals surface area contributed by atoms with Gasteiger partial charge in [0.25, 0.3) is 5.95 Å². The Kier molecular flexibility index (Phi) is 4.83. The van der Waals surface area contributed by atoms with Gasteiger partial charge in [-0.1, -0.05) is 12.2 Å². The molecule has 0 spiro atoms. The van der Waals surface area contributed by atoms with Crippen molar-refractivity contribution in [1.29, 1.82) is 0 Å². The molecule has 0 aromatic carbocycles. The van der Waals surface area contributed by atoms with E-state index in [4.69, 9.17) is 5.11 Å². The van der Waals surface area contributed by atoms with Crippen molar-refractivity contribution in [2.45, 2.75) is 19.3 Å². The summed E-state index contributed by atoms with van der Waals surface area (Å²) in [7, 11) is 0. The number of aliphatic hydroxyl groups is 1. The molecular formula is C12H15BrN4O. The summed E-state index contributed by atoms with van der Waals surface area (Å²) in [6.07, 6.45) is 8.83. The summed E-state index contributed by atoms with van der Waals surface area (Å²) in [6, 6.07) is 0. The molecule has 1 aliphatic rings. The molecular weight excluding hydrogens is 296 g/mol. The van der Waals surface area contributed by atoms with Crippen LogP contribution < -0.4 is 5.32 Å². The third kappa shape index (κ3) is 3.61. The third-order valence-corrected chi connectivity index (χ3v) is 3.09. The molecule has 2 N–H and O–H groups in total. The van der Waals surface area contributed by atoms with Gasteiger partial charge in [0.2, 0.25) is 0 Å². The monoisotopic (exact) mass is 310 g/mol. The third-order valence-electron chi connectivity index (χ3n) is 2.51. The number of allylic oxidation sites excluding steroid dienone is 2. The van der Waals surface area contributed by atoms with E-state index >= 15 is 0 Å². The SMILES string of the molecule is OCCNc1nc(N=C2CC=CCC2)ncc1Br. The maximum Gasteiger partial charge on any atom is 0.251 e. The minimum absolute atomic E-state index is 0.0606. The van der Waals surface area contributed by atoms with Gasteiger partial charge in [0.1, 0.15) is 5.82 Å². The Labute approximate surface area is 114 Å². The van der Waals surface area contributed by atoms with E-state index < -0.39 is 0 Å². The number of nitrogens with zero attached hydrogens (tertiary/aromatic N) is 3. The minimum Gasteiger partial charge on any atom is -0.395 e. The summed E-state index contributed by atoms with van der Waals surface area (Å²) in [6.45, 7) is 0.513. The van der Waals surface area contributed by atoms with Crippen LogP contribution in [0.4, 0.5) is 11.8 Å². The molecule has 1 aromatic heterocycles. The van der Waals surface area contributed by atoms with E-state index in [1.807, 2.05) is 0 Å². The van der Waals surface area contributed by atoms with Gasteiger partial charge in [-0.3, -0.25) is 0 Å². The lowest BCUT2D eigenvalue weighted by molar-refractivity contribution is 0.311. The van der Waals surface area contributed by atoms with Crippen molar-refractivity contribution in [2.24, 2.45) is 4.99 Å². The first-order valence-corrected chi connectivity index (χ1v) is 6.67. The van der Waals surface area contributed by atoms with E-state index in [1.165, 1.54) is 0 Å². The molecule has 1 aliphatic carbocycles. The Morgan fingerprint density at radius 1 is 1.44 bits per heavy atom. The molecule has 96 valence electrons. The molecule has 2 rings (SSSR count). The summed E-state index contributed by atoms with van der Waals surface area (Å²) in [4.78, 5) is 12.9. The van der Waals surface area contributed by atoms with Crippen molar-refractivity contribution in [3.8, 4) is 0 Å². The Balaban J connectivity index is 2.15. The molecule has 0 atom stereocenters. The van der Waals surface area contributed by atoms with Crippen LogP contribution in [0.25, 0.3) is 0 Å². The second kappa shape index (κ2) is 6.61. The largest absolute Gasteiger partial charge is 0.395 e. The van der Waals surface area contributed by atoms with Crippen LogP contribution in [-0.4, -0.2) is 33.9 Å². The van der Waals surface area contributed by atoms with E-state index in [0.29, 0.717) is 18.3 Å². The van der Waals surface area contributed by atoms with Crippen LogP contribution in [0.3, 0.4) is 0 Å². The predicted molar refractivity (Wildman–Crippen MR) is 75.4 cm³/mol. The van der Waals surface area contributed by atoms with Crippen molar-refractivity contribution >= 4 is 33.4 Å². The number of nitrogens with one attached hydrogen (secondary N) is 1. The lowest BCUT2D eigenvalue weighted by Crippen LogP contribution is -2.08. The van der Waals surface area contributed by atoms with E-state index in [0.717, 1.165) is 29.4 Å². The van der Waals surface area contributed by atoms with Crippen LogP contribution in [0.15, 0.2) is 27.8 Å². The van der Waals surface area contributed by atoms with Crippen molar-refractivity contribution in [2.75, 3.05) is 18.5 Å². The number of hydrogen-bond acceptors (Lipinski definition) is 5. The average molecular weight is 311 g/mol. The number of hydrogen-bond donors (Lipinski definition) is 2. The quantitative estimate of drug-likeness (QED) is 0.838. The molecule has 0 aliphatic heterocycles. The molecule has 0 fully saturated rings. The van der Waals surface area contributed by atoms with Crippen molar-refractivity contribution in [1.82, 2.24) is 9.97 Å². The van der Waals surface area contributed by atoms with E-state index in [-0.39, 0.29) is 6.61 Å². The maximum absolute atomic E-state index is 8.79. The molecule has 0 amide bonds. The standard InChI is InChI=1S/C12H15BrN4O/c13-10-8-15-12(17-11(10)14-6-7-18)16-9-4-2-1-3-5-9/h1-2,8,18H,3-7H2,(H,14,15,17). The molecule has 0 bridgehead atoms.